The van der Waals surface area contributed by atoms with E-state index >= 15 is 0 Å². The third-order valence-electron chi connectivity index (χ3n) is 4.01. The molecule has 0 aliphatic rings. The first kappa shape index (κ1) is 21.4. The Morgan fingerprint density at radius 3 is 2.33 bits per heavy atom. The van der Waals surface area contributed by atoms with Crippen LogP contribution in [-0.4, -0.2) is 33.5 Å². The van der Waals surface area contributed by atoms with Crippen LogP contribution in [0.15, 0.2) is 65.7 Å². The van der Waals surface area contributed by atoms with E-state index in [9.17, 15) is 13.2 Å². The molecule has 1 aromatic heterocycles. The van der Waals surface area contributed by atoms with Crippen molar-refractivity contribution >= 4 is 38.9 Å². The van der Waals surface area contributed by atoms with E-state index < -0.39 is 15.9 Å². The molecule has 3 aromatic rings. The van der Waals surface area contributed by atoms with Gasteiger partial charge in [0.05, 0.1) is 14.2 Å². The molecule has 30 heavy (non-hydrogen) atoms. The monoisotopic (exact) mass is 447 g/mol. The van der Waals surface area contributed by atoms with E-state index in [-0.39, 0.29) is 22.0 Å². The minimum Gasteiger partial charge on any atom is -0.497 e. The molecule has 0 saturated heterocycles. The Morgan fingerprint density at radius 1 is 0.967 bits per heavy atom. The van der Waals surface area contributed by atoms with E-state index in [1.807, 2.05) is 0 Å². The van der Waals surface area contributed by atoms with Gasteiger partial charge in [-0.15, -0.1) is 0 Å². The lowest BCUT2D eigenvalue weighted by Crippen LogP contribution is -2.16. The maximum Gasteiger partial charge on any atom is 0.274 e. The molecule has 0 atom stereocenters. The number of anilines is 2. The first-order valence-electron chi connectivity index (χ1n) is 8.60. The number of nitrogens with one attached hydrogen (secondary N) is 2. The average molecular weight is 448 g/mol. The predicted octanol–water partition coefficient (Wildman–Crippen LogP) is 3.81. The van der Waals surface area contributed by atoms with Gasteiger partial charge in [-0.2, -0.15) is 0 Å². The second kappa shape index (κ2) is 9.02. The van der Waals surface area contributed by atoms with Crippen LogP contribution in [0.25, 0.3) is 0 Å². The normalized spacial score (nSPS) is 10.9. The van der Waals surface area contributed by atoms with Crippen LogP contribution in [0.1, 0.15) is 10.5 Å². The summed E-state index contributed by atoms with van der Waals surface area (Å²) in [6.45, 7) is 0. The highest BCUT2D eigenvalue weighted by molar-refractivity contribution is 7.92. The van der Waals surface area contributed by atoms with Gasteiger partial charge >= 0.3 is 0 Å². The largest absolute Gasteiger partial charge is 0.497 e. The van der Waals surface area contributed by atoms with Gasteiger partial charge in [-0.05, 0) is 48.5 Å². The van der Waals surface area contributed by atoms with Crippen LogP contribution in [-0.2, 0) is 10.0 Å². The Kier molecular flexibility index (Phi) is 6.43. The van der Waals surface area contributed by atoms with Crippen LogP contribution in [0.4, 0.5) is 11.4 Å². The third-order valence-corrected chi connectivity index (χ3v) is 5.66. The lowest BCUT2D eigenvalue weighted by molar-refractivity contribution is 0.102. The lowest BCUT2D eigenvalue weighted by atomic mass is 10.2. The number of carbonyl (C=O) groups is 1. The number of hydrogen-bond acceptors (Lipinski definition) is 6. The van der Waals surface area contributed by atoms with Crippen molar-refractivity contribution in [3.63, 3.8) is 0 Å². The molecule has 0 spiro atoms. The second-order valence-electron chi connectivity index (χ2n) is 6.01. The first-order valence-corrected chi connectivity index (χ1v) is 10.5. The van der Waals surface area contributed by atoms with Crippen molar-refractivity contribution in [2.24, 2.45) is 0 Å². The fraction of sp³-hybridized carbons (Fsp3) is 0.100. The molecule has 0 saturated carbocycles. The highest BCUT2D eigenvalue weighted by Crippen LogP contribution is 2.29. The number of carbonyl (C=O) groups excluding carboxylic acids is 1. The van der Waals surface area contributed by atoms with Gasteiger partial charge in [-0.1, -0.05) is 11.6 Å². The molecule has 0 radical (unpaired) electrons. The molecule has 0 aliphatic heterocycles. The summed E-state index contributed by atoms with van der Waals surface area (Å²) in [5.74, 6) is 0.0716. The highest BCUT2D eigenvalue weighted by atomic mass is 35.5. The number of nitrogens with zero attached hydrogens (tertiary/aromatic N) is 1. The number of aromatic nitrogens is 1. The Bertz CT molecular complexity index is 1170. The minimum atomic E-state index is -4.01. The minimum absolute atomic E-state index is 0.119. The summed E-state index contributed by atoms with van der Waals surface area (Å²) < 4.78 is 38.5. The van der Waals surface area contributed by atoms with E-state index in [2.05, 4.69) is 15.0 Å². The zero-order chi connectivity index (χ0) is 21.7. The zero-order valence-electron chi connectivity index (χ0n) is 16.0. The van der Waals surface area contributed by atoms with E-state index in [1.54, 1.807) is 18.2 Å². The smallest absolute Gasteiger partial charge is 0.274 e. The summed E-state index contributed by atoms with van der Waals surface area (Å²) in [6, 6.07) is 13.6. The Morgan fingerprint density at radius 2 is 1.67 bits per heavy atom. The lowest BCUT2D eigenvalue weighted by Gasteiger charge is -2.14. The van der Waals surface area contributed by atoms with Gasteiger partial charge in [-0.25, -0.2) is 8.42 Å². The highest BCUT2D eigenvalue weighted by Gasteiger charge is 2.21. The van der Waals surface area contributed by atoms with E-state index in [1.165, 1.54) is 56.8 Å². The standard InChI is InChI=1S/C20H18ClN3O5S/c1-28-16-9-10-22-17(12-16)20(25)23-15-7-8-18(29-2)19(11-15)30(26,27)24-14-5-3-13(21)4-6-14/h3-12,24H,1-2H3,(H,23,25). The third kappa shape index (κ3) is 5.00. The summed E-state index contributed by atoms with van der Waals surface area (Å²) in [7, 11) is -1.17. The molecule has 1 amide bonds. The van der Waals surface area contributed by atoms with Gasteiger partial charge in [0.15, 0.2) is 0 Å². The van der Waals surface area contributed by atoms with Gasteiger partial charge in [0, 0.05) is 28.7 Å². The van der Waals surface area contributed by atoms with E-state index in [0.29, 0.717) is 16.5 Å². The van der Waals surface area contributed by atoms with E-state index in [4.69, 9.17) is 21.1 Å². The molecular weight excluding hydrogens is 430 g/mol. The summed E-state index contributed by atoms with van der Waals surface area (Å²) in [5.41, 5.74) is 0.701. The quantitative estimate of drug-likeness (QED) is 0.570. The zero-order valence-corrected chi connectivity index (χ0v) is 17.6. The van der Waals surface area contributed by atoms with E-state index in [0.717, 1.165) is 0 Å². The van der Waals surface area contributed by atoms with Crippen molar-refractivity contribution in [1.82, 2.24) is 4.98 Å². The molecule has 0 unspecified atom stereocenters. The van der Waals surface area contributed by atoms with Gasteiger partial charge in [0.25, 0.3) is 15.9 Å². The maximum absolute atomic E-state index is 12.9. The number of rotatable bonds is 7. The summed E-state index contributed by atoms with van der Waals surface area (Å²) in [6.07, 6.45) is 1.44. The number of pyridine rings is 1. The van der Waals surface area contributed by atoms with Crippen molar-refractivity contribution in [3.05, 3.63) is 71.5 Å². The number of sulfonamides is 1. The van der Waals surface area contributed by atoms with Gasteiger partial charge in [0.1, 0.15) is 22.1 Å². The molecule has 2 aromatic carbocycles. The van der Waals surface area contributed by atoms with Crippen molar-refractivity contribution in [3.8, 4) is 11.5 Å². The number of methoxy groups -OCH3 is 2. The molecule has 0 bridgehead atoms. The number of ether oxygens (including phenoxy) is 2. The number of amides is 1. The number of halogens is 1. The van der Waals surface area contributed by atoms with Crippen LogP contribution >= 0.6 is 11.6 Å². The molecule has 2 N–H and O–H groups in total. The molecule has 156 valence electrons. The molecule has 0 aliphatic carbocycles. The topological polar surface area (TPSA) is 107 Å². The Labute approximate surface area is 178 Å². The van der Waals surface area contributed by atoms with Crippen LogP contribution in [0.3, 0.4) is 0 Å². The predicted molar refractivity (Wildman–Crippen MR) is 114 cm³/mol. The van der Waals surface area contributed by atoms with Crippen LogP contribution in [0, 0.1) is 0 Å². The van der Waals surface area contributed by atoms with Gasteiger partial charge < -0.3 is 14.8 Å². The maximum atomic E-state index is 12.9. The van der Waals surface area contributed by atoms with Crippen LogP contribution < -0.4 is 19.5 Å². The molecule has 1 heterocycles. The molecule has 10 heteroatoms. The molecule has 0 fully saturated rings. The van der Waals surface area contributed by atoms with Crippen molar-refractivity contribution in [2.75, 3.05) is 24.3 Å². The SMILES string of the molecule is COc1ccnc(C(=O)Nc2ccc(OC)c(S(=O)(=O)Nc3ccc(Cl)cc3)c2)c1. The Balaban J connectivity index is 1.89. The fourth-order valence-electron chi connectivity index (χ4n) is 2.55. The molecule has 8 nitrogen and oxygen atoms in total. The van der Waals surface area contributed by atoms with Crippen LogP contribution in [0.5, 0.6) is 11.5 Å². The van der Waals surface area contributed by atoms with Crippen molar-refractivity contribution < 1.29 is 22.7 Å². The fourth-order valence-corrected chi connectivity index (χ4v) is 3.93. The second-order valence-corrected chi connectivity index (χ2v) is 8.10. The van der Waals surface area contributed by atoms with Crippen molar-refractivity contribution in [2.45, 2.75) is 4.90 Å². The van der Waals surface area contributed by atoms with Crippen LogP contribution in [0.2, 0.25) is 5.02 Å². The molecule has 3 rings (SSSR count). The average Bonchev–Trinajstić information content (AvgIpc) is 2.75. The molecular formula is C20H18ClN3O5S. The number of benzene rings is 2. The number of hydrogen-bond donors (Lipinski definition) is 2. The summed E-state index contributed by atoms with van der Waals surface area (Å²) in [5, 5.41) is 3.10. The van der Waals surface area contributed by atoms with Crippen molar-refractivity contribution in [1.29, 1.82) is 0 Å². The summed E-state index contributed by atoms with van der Waals surface area (Å²) in [4.78, 5) is 16.3. The first-order chi connectivity index (χ1) is 14.3. The Hall–Kier alpha value is -3.30. The van der Waals surface area contributed by atoms with Gasteiger partial charge in [0.2, 0.25) is 0 Å². The summed E-state index contributed by atoms with van der Waals surface area (Å²) >= 11 is 5.84. The van der Waals surface area contributed by atoms with Gasteiger partial charge in [-0.3, -0.25) is 14.5 Å².